The number of aromatic amines is 1. The van der Waals surface area contributed by atoms with Gasteiger partial charge in [0.25, 0.3) is 5.56 Å². The van der Waals surface area contributed by atoms with Crippen LogP contribution in [0, 0.1) is 0 Å². The Morgan fingerprint density at radius 2 is 2.12 bits per heavy atom. The zero-order chi connectivity index (χ0) is 12.3. The third-order valence-corrected chi connectivity index (χ3v) is 2.06. The summed E-state index contributed by atoms with van der Waals surface area (Å²) in [5, 5.41) is 17.7. The van der Waals surface area contributed by atoms with Crippen LogP contribution < -0.4 is 10.9 Å². The molecule has 0 fully saturated rings. The molecule has 0 spiro atoms. The van der Waals surface area contributed by atoms with Crippen molar-refractivity contribution in [2.45, 2.75) is 0 Å². The number of hydrogen-bond acceptors (Lipinski definition) is 4. The van der Waals surface area contributed by atoms with Crippen molar-refractivity contribution in [2.24, 2.45) is 0 Å². The second-order valence-corrected chi connectivity index (χ2v) is 3.32. The SMILES string of the molecule is O=C(O)c1cccc(Nc2ccc(=O)[nH]n2)c1. The van der Waals surface area contributed by atoms with Crippen LogP contribution in [0.3, 0.4) is 0 Å². The van der Waals surface area contributed by atoms with Gasteiger partial charge in [0.15, 0.2) is 5.82 Å². The summed E-state index contributed by atoms with van der Waals surface area (Å²) in [5.41, 5.74) is 0.471. The molecule has 0 saturated heterocycles. The first-order chi connectivity index (χ1) is 8.15. The number of rotatable bonds is 3. The largest absolute Gasteiger partial charge is 0.478 e. The first kappa shape index (κ1) is 10.9. The maximum atomic E-state index is 10.8. The Labute approximate surface area is 95.9 Å². The molecular formula is C11H9N3O3. The van der Waals surface area contributed by atoms with E-state index in [4.69, 9.17) is 5.11 Å². The Kier molecular flexibility index (Phi) is 2.87. The number of aromatic nitrogens is 2. The van der Waals surface area contributed by atoms with Gasteiger partial charge in [-0.15, -0.1) is 0 Å². The number of anilines is 2. The molecule has 6 heteroatoms. The van der Waals surface area contributed by atoms with Crippen LogP contribution in [0.1, 0.15) is 10.4 Å². The lowest BCUT2D eigenvalue weighted by atomic mass is 10.2. The summed E-state index contributed by atoms with van der Waals surface area (Å²) < 4.78 is 0. The van der Waals surface area contributed by atoms with E-state index in [-0.39, 0.29) is 11.1 Å². The van der Waals surface area contributed by atoms with Crippen molar-refractivity contribution in [3.8, 4) is 0 Å². The third-order valence-electron chi connectivity index (χ3n) is 2.06. The predicted molar refractivity (Wildman–Crippen MR) is 61.5 cm³/mol. The molecule has 17 heavy (non-hydrogen) atoms. The number of carboxylic acid groups (broad SMARTS) is 1. The van der Waals surface area contributed by atoms with Crippen molar-refractivity contribution in [1.82, 2.24) is 10.2 Å². The first-order valence-electron chi connectivity index (χ1n) is 4.81. The van der Waals surface area contributed by atoms with Crippen LogP contribution in [0.4, 0.5) is 11.5 Å². The van der Waals surface area contributed by atoms with Crippen molar-refractivity contribution in [1.29, 1.82) is 0 Å². The van der Waals surface area contributed by atoms with Gasteiger partial charge < -0.3 is 10.4 Å². The van der Waals surface area contributed by atoms with Gasteiger partial charge in [-0.1, -0.05) is 6.07 Å². The Hall–Kier alpha value is -2.63. The molecule has 1 aromatic carbocycles. The van der Waals surface area contributed by atoms with Crippen molar-refractivity contribution in [2.75, 3.05) is 5.32 Å². The van der Waals surface area contributed by atoms with Crippen molar-refractivity contribution in [3.63, 3.8) is 0 Å². The summed E-state index contributed by atoms with van der Waals surface area (Å²) >= 11 is 0. The number of benzene rings is 1. The molecule has 0 aliphatic rings. The van der Waals surface area contributed by atoms with Crippen LogP contribution in [-0.4, -0.2) is 21.3 Å². The van der Waals surface area contributed by atoms with Gasteiger partial charge in [-0.25, -0.2) is 9.89 Å². The van der Waals surface area contributed by atoms with Gasteiger partial charge in [-0.05, 0) is 24.3 Å². The molecule has 3 N–H and O–H groups in total. The predicted octanol–water partition coefficient (Wildman–Crippen LogP) is 1.21. The van der Waals surface area contributed by atoms with Gasteiger partial charge in [0.05, 0.1) is 5.56 Å². The van der Waals surface area contributed by atoms with Gasteiger partial charge in [-0.2, -0.15) is 5.10 Å². The Bertz CT molecular complexity index is 586. The number of H-pyrrole nitrogens is 1. The number of carbonyl (C=O) groups is 1. The molecule has 0 amide bonds. The molecule has 0 aliphatic carbocycles. The van der Waals surface area contributed by atoms with E-state index < -0.39 is 5.97 Å². The molecule has 0 bridgehead atoms. The number of hydrogen-bond donors (Lipinski definition) is 3. The number of nitrogens with one attached hydrogen (secondary N) is 2. The fourth-order valence-corrected chi connectivity index (χ4v) is 1.29. The number of carboxylic acids is 1. The average molecular weight is 231 g/mol. The highest BCUT2D eigenvalue weighted by atomic mass is 16.4. The van der Waals surface area contributed by atoms with Crippen molar-refractivity contribution in [3.05, 3.63) is 52.3 Å². The molecule has 0 aliphatic heterocycles. The summed E-state index contributed by atoms with van der Waals surface area (Å²) in [4.78, 5) is 21.6. The quantitative estimate of drug-likeness (QED) is 0.738. The van der Waals surface area contributed by atoms with Crippen LogP contribution in [0.5, 0.6) is 0 Å². The van der Waals surface area contributed by atoms with Crippen molar-refractivity contribution >= 4 is 17.5 Å². The summed E-state index contributed by atoms with van der Waals surface area (Å²) in [6, 6.07) is 9.14. The molecule has 2 aromatic rings. The van der Waals surface area contributed by atoms with Crippen molar-refractivity contribution < 1.29 is 9.90 Å². The fourth-order valence-electron chi connectivity index (χ4n) is 1.29. The lowest BCUT2D eigenvalue weighted by Crippen LogP contribution is -2.07. The second-order valence-electron chi connectivity index (χ2n) is 3.32. The van der Waals surface area contributed by atoms with Crippen LogP contribution in [0.15, 0.2) is 41.2 Å². The smallest absolute Gasteiger partial charge is 0.335 e. The highest BCUT2D eigenvalue weighted by Crippen LogP contribution is 2.14. The number of nitrogens with zero attached hydrogens (tertiary/aromatic N) is 1. The standard InChI is InChI=1S/C11H9N3O3/c15-10-5-4-9(13-14-10)12-8-3-1-2-7(6-8)11(16)17/h1-6H,(H,12,13)(H,14,15)(H,16,17). The van der Waals surface area contributed by atoms with E-state index in [9.17, 15) is 9.59 Å². The van der Waals surface area contributed by atoms with Gasteiger partial charge >= 0.3 is 5.97 Å². The molecule has 6 nitrogen and oxygen atoms in total. The Morgan fingerprint density at radius 3 is 2.76 bits per heavy atom. The molecule has 0 radical (unpaired) electrons. The van der Waals surface area contributed by atoms with Gasteiger partial charge in [0.1, 0.15) is 0 Å². The summed E-state index contributed by atoms with van der Waals surface area (Å²) in [6.45, 7) is 0. The monoisotopic (exact) mass is 231 g/mol. The van der Waals surface area contributed by atoms with Crippen LogP contribution >= 0.6 is 0 Å². The summed E-state index contributed by atoms with van der Waals surface area (Å²) in [6.07, 6.45) is 0. The van der Waals surface area contributed by atoms with E-state index >= 15 is 0 Å². The van der Waals surface area contributed by atoms with Crippen LogP contribution in [0.25, 0.3) is 0 Å². The van der Waals surface area contributed by atoms with E-state index in [1.807, 2.05) is 0 Å². The summed E-state index contributed by atoms with van der Waals surface area (Å²) in [5.74, 6) is -0.560. The van der Waals surface area contributed by atoms with E-state index in [0.29, 0.717) is 11.5 Å². The Balaban J connectivity index is 2.24. The molecule has 1 heterocycles. The van der Waals surface area contributed by atoms with E-state index in [1.165, 1.54) is 24.3 Å². The molecule has 0 atom stereocenters. The molecule has 1 aromatic heterocycles. The fraction of sp³-hybridized carbons (Fsp3) is 0. The zero-order valence-electron chi connectivity index (χ0n) is 8.68. The minimum Gasteiger partial charge on any atom is -0.478 e. The summed E-state index contributed by atoms with van der Waals surface area (Å²) in [7, 11) is 0. The Morgan fingerprint density at radius 1 is 1.29 bits per heavy atom. The highest BCUT2D eigenvalue weighted by Gasteiger charge is 2.03. The maximum Gasteiger partial charge on any atom is 0.335 e. The van der Waals surface area contributed by atoms with Crippen LogP contribution in [-0.2, 0) is 0 Å². The third kappa shape index (κ3) is 2.69. The topological polar surface area (TPSA) is 95.1 Å². The molecule has 86 valence electrons. The minimum absolute atomic E-state index is 0.180. The van der Waals surface area contributed by atoms with Gasteiger partial charge in [-0.3, -0.25) is 4.79 Å². The lowest BCUT2D eigenvalue weighted by Gasteiger charge is -2.05. The second kappa shape index (κ2) is 4.48. The number of aromatic carboxylic acids is 1. The zero-order valence-corrected chi connectivity index (χ0v) is 8.68. The highest BCUT2D eigenvalue weighted by molar-refractivity contribution is 5.89. The minimum atomic E-state index is -0.997. The van der Waals surface area contributed by atoms with Crippen LogP contribution in [0.2, 0.25) is 0 Å². The normalized spacial score (nSPS) is 9.88. The molecule has 2 rings (SSSR count). The van der Waals surface area contributed by atoms with E-state index in [1.54, 1.807) is 12.1 Å². The van der Waals surface area contributed by atoms with E-state index in [0.717, 1.165) is 0 Å². The van der Waals surface area contributed by atoms with Gasteiger partial charge in [0, 0.05) is 11.8 Å². The average Bonchev–Trinajstić information content (AvgIpc) is 2.32. The van der Waals surface area contributed by atoms with Gasteiger partial charge in [0.2, 0.25) is 0 Å². The first-order valence-corrected chi connectivity index (χ1v) is 4.81. The molecule has 0 unspecified atom stereocenters. The lowest BCUT2D eigenvalue weighted by molar-refractivity contribution is 0.0697. The molecule has 0 saturated carbocycles. The maximum absolute atomic E-state index is 10.8. The molecular weight excluding hydrogens is 222 g/mol. The van der Waals surface area contributed by atoms with E-state index in [2.05, 4.69) is 15.5 Å².